The summed E-state index contributed by atoms with van der Waals surface area (Å²) in [7, 11) is 0. The third-order valence-corrected chi connectivity index (χ3v) is 1.57. The van der Waals surface area contributed by atoms with E-state index in [-0.39, 0.29) is 5.91 Å². The first-order valence-corrected chi connectivity index (χ1v) is 4.28. The lowest BCUT2D eigenvalue weighted by Gasteiger charge is -2.07. The molecule has 1 aromatic rings. The number of carbonyl (C=O) groups excluding carboxylic acids is 1. The third kappa shape index (κ3) is 2.83. The van der Waals surface area contributed by atoms with Crippen molar-refractivity contribution >= 4 is 35.0 Å². The average molecular weight is 194 g/mol. The Morgan fingerprint density at radius 1 is 1.38 bits per heavy atom. The summed E-state index contributed by atoms with van der Waals surface area (Å²) >= 11 is 4.66. The van der Waals surface area contributed by atoms with Crippen LogP contribution in [0.1, 0.15) is 6.92 Å². The van der Waals surface area contributed by atoms with E-state index in [1.807, 2.05) is 24.3 Å². The number of amides is 1. The van der Waals surface area contributed by atoms with Crippen LogP contribution in [0.4, 0.5) is 11.4 Å². The Kier molecular flexibility index (Phi) is 3.40. The fourth-order valence-corrected chi connectivity index (χ4v) is 1.10. The van der Waals surface area contributed by atoms with Gasteiger partial charge in [0.2, 0.25) is 5.91 Å². The van der Waals surface area contributed by atoms with Gasteiger partial charge >= 0.3 is 0 Å². The summed E-state index contributed by atoms with van der Waals surface area (Å²) in [5.41, 5.74) is 2.93. The van der Waals surface area contributed by atoms with Crippen LogP contribution in [0.5, 0.6) is 0 Å². The molecule has 0 bridgehead atoms. The van der Waals surface area contributed by atoms with Crippen molar-refractivity contribution in [3.05, 3.63) is 24.3 Å². The molecule has 3 nitrogen and oxygen atoms in total. The molecule has 0 unspecified atom stereocenters. The first kappa shape index (κ1) is 9.67. The zero-order chi connectivity index (χ0) is 9.68. The maximum absolute atomic E-state index is 10.8. The second kappa shape index (κ2) is 4.57. The zero-order valence-corrected chi connectivity index (χ0v) is 8.02. The quantitative estimate of drug-likeness (QED) is 0.723. The van der Waals surface area contributed by atoms with Crippen molar-refractivity contribution in [2.24, 2.45) is 0 Å². The van der Waals surface area contributed by atoms with E-state index in [0.717, 1.165) is 11.4 Å². The number of anilines is 2. The Morgan fingerprint density at radius 3 is 2.54 bits per heavy atom. The molecule has 2 N–H and O–H groups in total. The average Bonchev–Trinajstić information content (AvgIpc) is 2.08. The maximum atomic E-state index is 10.8. The van der Waals surface area contributed by atoms with Crippen LogP contribution in [0, 0.1) is 0 Å². The van der Waals surface area contributed by atoms with Crippen LogP contribution >= 0.6 is 12.2 Å². The highest BCUT2D eigenvalue weighted by molar-refractivity contribution is 7.79. The second-order valence-electron chi connectivity index (χ2n) is 2.49. The van der Waals surface area contributed by atoms with E-state index in [9.17, 15) is 4.79 Å². The summed E-state index contributed by atoms with van der Waals surface area (Å²) in [5.74, 6) is -0.0985. The van der Waals surface area contributed by atoms with Crippen molar-refractivity contribution in [2.45, 2.75) is 6.92 Å². The summed E-state index contributed by atoms with van der Waals surface area (Å²) in [4.78, 5) is 10.8. The van der Waals surface area contributed by atoms with Gasteiger partial charge in [-0.25, -0.2) is 0 Å². The van der Waals surface area contributed by atoms with Crippen LogP contribution in [0.2, 0.25) is 0 Å². The van der Waals surface area contributed by atoms with Gasteiger partial charge in [0, 0.05) is 6.92 Å². The van der Waals surface area contributed by atoms with Crippen LogP contribution in [0.25, 0.3) is 0 Å². The Morgan fingerprint density at radius 2 is 2.00 bits per heavy atom. The first-order chi connectivity index (χ1) is 6.24. The van der Waals surface area contributed by atoms with E-state index < -0.39 is 0 Å². The molecule has 13 heavy (non-hydrogen) atoms. The predicted octanol–water partition coefficient (Wildman–Crippen LogP) is 2.01. The number of carbonyl (C=O) groups is 1. The van der Waals surface area contributed by atoms with E-state index in [1.165, 1.54) is 12.4 Å². The first-order valence-electron chi connectivity index (χ1n) is 3.81. The van der Waals surface area contributed by atoms with Crippen LogP contribution in [-0.4, -0.2) is 11.4 Å². The van der Waals surface area contributed by atoms with Gasteiger partial charge in [0.1, 0.15) is 0 Å². The molecule has 0 aromatic heterocycles. The number of hydrogen-bond acceptors (Lipinski definition) is 2. The highest BCUT2D eigenvalue weighted by Gasteiger charge is 2.00. The van der Waals surface area contributed by atoms with Gasteiger partial charge in [-0.2, -0.15) is 0 Å². The minimum atomic E-state index is -0.0985. The maximum Gasteiger partial charge on any atom is 0.221 e. The lowest BCUT2D eigenvalue weighted by molar-refractivity contribution is -0.114. The highest BCUT2D eigenvalue weighted by atomic mass is 32.1. The topological polar surface area (TPSA) is 41.1 Å². The number of rotatable bonds is 3. The number of nitrogens with one attached hydrogen (secondary N) is 2. The fourth-order valence-electron chi connectivity index (χ4n) is 0.971. The highest BCUT2D eigenvalue weighted by Crippen LogP contribution is 2.19. The molecule has 4 heteroatoms. The molecule has 0 aliphatic heterocycles. The molecule has 0 atom stereocenters. The molecule has 0 saturated heterocycles. The smallest absolute Gasteiger partial charge is 0.221 e. The van der Waals surface area contributed by atoms with Gasteiger partial charge in [-0.1, -0.05) is 24.4 Å². The van der Waals surface area contributed by atoms with Crippen LogP contribution < -0.4 is 10.6 Å². The van der Waals surface area contributed by atoms with E-state index in [4.69, 9.17) is 0 Å². The third-order valence-electron chi connectivity index (χ3n) is 1.45. The fraction of sp³-hybridized carbons (Fsp3) is 0.111. The van der Waals surface area contributed by atoms with Crippen molar-refractivity contribution < 1.29 is 4.79 Å². The van der Waals surface area contributed by atoms with Gasteiger partial charge in [-0.05, 0) is 12.1 Å². The Balaban J connectivity index is 2.90. The van der Waals surface area contributed by atoms with Crippen LogP contribution in [-0.2, 0) is 4.79 Å². The van der Waals surface area contributed by atoms with Gasteiger partial charge in [0.05, 0.1) is 16.9 Å². The standard InChI is InChI=1S/C9H10N2OS/c1-7(12)11-9-5-3-2-4-8(9)10-6-13/h2-6H,1H3,(H,10,13)(H,11,12). The van der Waals surface area contributed by atoms with E-state index >= 15 is 0 Å². The predicted molar refractivity (Wildman–Crippen MR) is 58.0 cm³/mol. The van der Waals surface area contributed by atoms with Crippen molar-refractivity contribution in [3.63, 3.8) is 0 Å². The largest absolute Gasteiger partial charge is 0.351 e. The molecular weight excluding hydrogens is 184 g/mol. The molecular formula is C9H10N2OS. The monoisotopic (exact) mass is 194 g/mol. The molecule has 0 spiro atoms. The number of hydrogen-bond donors (Lipinski definition) is 2. The van der Waals surface area contributed by atoms with Gasteiger partial charge < -0.3 is 10.6 Å². The summed E-state index contributed by atoms with van der Waals surface area (Å²) in [6.45, 7) is 1.47. The Hall–Kier alpha value is -1.42. The van der Waals surface area contributed by atoms with Gasteiger partial charge in [0.25, 0.3) is 0 Å². The summed E-state index contributed by atoms with van der Waals surface area (Å²) < 4.78 is 0. The molecule has 0 radical (unpaired) electrons. The molecule has 1 rings (SSSR count). The van der Waals surface area contributed by atoms with Gasteiger partial charge in [0.15, 0.2) is 0 Å². The lowest BCUT2D eigenvalue weighted by Crippen LogP contribution is -2.08. The number of benzene rings is 1. The number of thiocarbonyl (C=S) groups is 1. The SMILES string of the molecule is CC(=O)Nc1ccccc1NC=S. The van der Waals surface area contributed by atoms with E-state index in [0.29, 0.717) is 0 Å². The summed E-state index contributed by atoms with van der Waals surface area (Å²) in [5, 5.41) is 5.55. The molecule has 0 fully saturated rings. The molecule has 0 saturated carbocycles. The van der Waals surface area contributed by atoms with Crippen LogP contribution in [0.3, 0.4) is 0 Å². The molecule has 68 valence electrons. The summed E-state index contributed by atoms with van der Waals surface area (Å²) in [6, 6.07) is 7.36. The normalized spacial score (nSPS) is 9.00. The molecule has 1 amide bonds. The lowest BCUT2D eigenvalue weighted by atomic mass is 10.2. The minimum absolute atomic E-state index is 0.0985. The Bertz CT molecular complexity index is 325. The van der Waals surface area contributed by atoms with Gasteiger partial charge in [-0.3, -0.25) is 4.79 Å². The molecule has 1 aromatic carbocycles. The summed E-state index contributed by atoms with van der Waals surface area (Å²) in [6.07, 6.45) is 0. The van der Waals surface area contributed by atoms with Crippen molar-refractivity contribution in [3.8, 4) is 0 Å². The second-order valence-corrected chi connectivity index (χ2v) is 2.72. The van der Waals surface area contributed by atoms with Crippen LogP contribution in [0.15, 0.2) is 24.3 Å². The van der Waals surface area contributed by atoms with Gasteiger partial charge in [-0.15, -0.1) is 0 Å². The van der Waals surface area contributed by atoms with E-state index in [1.54, 1.807) is 0 Å². The van der Waals surface area contributed by atoms with Crippen molar-refractivity contribution in [2.75, 3.05) is 10.6 Å². The molecule has 0 aliphatic rings. The minimum Gasteiger partial charge on any atom is -0.351 e. The van der Waals surface area contributed by atoms with E-state index in [2.05, 4.69) is 22.9 Å². The Labute approximate surface area is 82.1 Å². The number of para-hydroxylation sites is 2. The zero-order valence-electron chi connectivity index (χ0n) is 7.20. The van der Waals surface area contributed by atoms with Crippen molar-refractivity contribution in [1.29, 1.82) is 0 Å². The molecule has 0 heterocycles. The molecule has 0 aliphatic carbocycles. The van der Waals surface area contributed by atoms with Crippen molar-refractivity contribution in [1.82, 2.24) is 0 Å².